The number of hydrogen-bond acceptors (Lipinski definition) is 2. The lowest BCUT2D eigenvalue weighted by atomic mass is 9.90. The second-order valence-electron chi connectivity index (χ2n) is 7.13. The van der Waals surface area contributed by atoms with Crippen LogP contribution < -0.4 is 5.32 Å². The van der Waals surface area contributed by atoms with Crippen molar-refractivity contribution in [2.24, 2.45) is 11.8 Å². The molecule has 114 valence electrons. The molecule has 4 nitrogen and oxygen atoms in total. The lowest BCUT2D eigenvalue weighted by Crippen LogP contribution is -2.67. The van der Waals surface area contributed by atoms with Gasteiger partial charge in [0.2, 0.25) is 11.8 Å². The van der Waals surface area contributed by atoms with Crippen LogP contribution in [0, 0.1) is 11.8 Å². The van der Waals surface area contributed by atoms with Gasteiger partial charge in [-0.1, -0.05) is 26.7 Å². The molecule has 1 saturated heterocycles. The highest BCUT2D eigenvalue weighted by molar-refractivity contribution is 5.98. The standard InChI is InChI=1S/C16H28N2O2/c1-11(2)6-5-7-12(3)18-10-14(19)17-16(4,15(18)20)13-8-9-13/h11-13H,5-10H2,1-4H3,(H,17,19). The largest absolute Gasteiger partial charge is 0.340 e. The van der Waals surface area contributed by atoms with Crippen molar-refractivity contribution in [1.82, 2.24) is 10.2 Å². The van der Waals surface area contributed by atoms with E-state index in [9.17, 15) is 9.59 Å². The van der Waals surface area contributed by atoms with Crippen LogP contribution in [0.1, 0.15) is 59.8 Å². The van der Waals surface area contributed by atoms with Gasteiger partial charge in [-0.25, -0.2) is 0 Å². The van der Waals surface area contributed by atoms with E-state index >= 15 is 0 Å². The molecule has 1 aliphatic heterocycles. The fourth-order valence-corrected chi connectivity index (χ4v) is 3.18. The average molecular weight is 280 g/mol. The number of carbonyl (C=O) groups excluding carboxylic acids is 2. The Morgan fingerprint density at radius 3 is 2.45 bits per heavy atom. The molecule has 1 saturated carbocycles. The Morgan fingerprint density at radius 1 is 1.25 bits per heavy atom. The molecule has 0 aromatic carbocycles. The number of nitrogens with zero attached hydrogens (tertiary/aromatic N) is 1. The van der Waals surface area contributed by atoms with E-state index in [1.165, 1.54) is 6.42 Å². The minimum atomic E-state index is -0.651. The molecule has 2 rings (SSSR count). The molecule has 0 aromatic rings. The van der Waals surface area contributed by atoms with Gasteiger partial charge in [0.05, 0.1) is 6.54 Å². The molecule has 1 N–H and O–H groups in total. The normalized spacial score (nSPS) is 28.8. The molecule has 2 amide bonds. The highest BCUT2D eigenvalue weighted by Crippen LogP contribution is 2.41. The second-order valence-corrected chi connectivity index (χ2v) is 7.13. The van der Waals surface area contributed by atoms with Crippen LogP contribution in [0.2, 0.25) is 0 Å². The molecule has 2 unspecified atom stereocenters. The van der Waals surface area contributed by atoms with Crippen molar-refractivity contribution in [2.45, 2.75) is 71.4 Å². The summed E-state index contributed by atoms with van der Waals surface area (Å²) in [5.41, 5.74) is -0.651. The molecule has 4 heteroatoms. The van der Waals surface area contributed by atoms with Gasteiger partial charge < -0.3 is 10.2 Å². The van der Waals surface area contributed by atoms with Crippen LogP contribution in [-0.2, 0) is 9.59 Å². The Bertz CT molecular complexity index is 390. The quantitative estimate of drug-likeness (QED) is 0.812. The maximum Gasteiger partial charge on any atom is 0.249 e. The summed E-state index contributed by atoms with van der Waals surface area (Å²) in [6.07, 6.45) is 5.39. The molecule has 2 aliphatic rings. The molecule has 0 aromatic heterocycles. The predicted octanol–water partition coefficient (Wildman–Crippen LogP) is 2.33. The average Bonchev–Trinajstić information content (AvgIpc) is 3.17. The summed E-state index contributed by atoms with van der Waals surface area (Å²) in [6.45, 7) is 8.63. The van der Waals surface area contributed by atoms with Gasteiger partial charge in [-0.05, 0) is 44.9 Å². The third kappa shape index (κ3) is 3.15. The Kier molecular flexibility index (Phi) is 4.40. The van der Waals surface area contributed by atoms with Crippen LogP contribution in [-0.4, -0.2) is 34.8 Å². The molecular weight excluding hydrogens is 252 g/mol. The molecular formula is C16H28N2O2. The van der Waals surface area contributed by atoms with Gasteiger partial charge in [-0.3, -0.25) is 9.59 Å². The first kappa shape index (κ1) is 15.3. The van der Waals surface area contributed by atoms with Crippen molar-refractivity contribution >= 4 is 11.8 Å². The van der Waals surface area contributed by atoms with Crippen LogP contribution in [0.3, 0.4) is 0 Å². The number of rotatable bonds is 6. The Balaban J connectivity index is 1.98. The molecule has 1 aliphatic carbocycles. The molecule has 1 heterocycles. The summed E-state index contributed by atoms with van der Waals surface area (Å²) >= 11 is 0. The lowest BCUT2D eigenvalue weighted by molar-refractivity contribution is -0.152. The Labute approximate surface area is 122 Å². The number of carbonyl (C=O) groups is 2. The minimum absolute atomic E-state index is 0.00490. The Hall–Kier alpha value is -1.06. The molecule has 0 radical (unpaired) electrons. The van der Waals surface area contributed by atoms with Crippen LogP contribution >= 0.6 is 0 Å². The van der Waals surface area contributed by atoms with E-state index in [2.05, 4.69) is 26.1 Å². The zero-order valence-corrected chi connectivity index (χ0v) is 13.2. The second kappa shape index (κ2) is 5.74. The first-order valence-corrected chi connectivity index (χ1v) is 7.96. The van der Waals surface area contributed by atoms with Crippen LogP contribution in [0.25, 0.3) is 0 Å². The van der Waals surface area contributed by atoms with Crippen molar-refractivity contribution in [3.8, 4) is 0 Å². The molecule has 0 bridgehead atoms. The third-order valence-electron chi connectivity index (χ3n) is 4.75. The van der Waals surface area contributed by atoms with E-state index in [4.69, 9.17) is 0 Å². The van der Waals surface area contributed by atoms with Gasteiger partial charge in [0, 0.05) is 6.04 Å². The number of nitrogens with one attached hydrogen (secondary N) is 1. The molecule has 2 atom stereocenters. The highest BCUT2D eigenvalue weighted by atomic mass is 16.2. The monoisotopic (exact) mass is 280 g/mol. The predicted molar refractivity (Wildman–Crippen MR) is 79.1 cm³/mol. The van der Waals surface area contributed by atoms with E-state index < -0.39 is 5.54 Å². The topological polar surface area (TPSA) is 49.4 Å². The summed E-state index contributed by atoms with van der Waals surface area (Å²) in [5, 5.41) is 2.93. The highest BCUT2D eigenvalue weighted by Gasteiger charge is 2.53. The van der Waals surface area contributed by atoms with Crippen molar-refractivity contribution in [1.29, 1.82) is 0 Å². The fourth-order valence-electron chi connectivity index (χ4n) is 3.18. The van der Waals surface area contributed by atoms with Gasteiger partial charge in [0.15, 0.2) is 0 Å². The summed E-state index contributed by atoms with van der Waals surface area (Å²) in [4.78, 5) is 26.5. The van der Waals surface area contributed by atoms with Gasteiger partial charge in [-0.2, -0.15) is 0 Å². The van der Waals surface area contributed by atoms with E-state index in [1.807, 2.05) is 6.92 Å². The Morgan fingerprint density at radius 2 is 1.90 bits per heavy atom. The summed E-state index contributed by atoms with van der Waals surface area (Å²) < 4.78 is 0. The maximum absolute atomic E-state index is 12.7. The fraction of sp³-hybridized carbons (Fsp3) is 0.875. The molecule has 2 fully saturated rings. The first-order chi connectivity index (χ1) is 9.34. The van der Waals surface area contributed by atoms with E-state index in [0.29, 0.717) is 11.8 Å². The van der Waals surface area contributed by atoms with Crippen LogP contribution in [0.5, 0.6) is 0 Å². The number of hydrogen-bond donors (Lipinski definition) is 1. The number of piperazine rings is 1. The lowest BCUT2D eigenvalue weighted by Gasteiger charge is -2.42. The van der Waals surface area contributed by atoms with Crippen molar-refractivity contribution in [2.75, 3.05) is 6.54 Å². The van der Waals surface area contributed by atoms with Crippen molar-refractivity contribution in [3.63, 3.8) is 0 Å². The van der Waals surface area contributed by atoms with Crippen LogP contribution in [0.4, 0.5) is 0 Å². The summed E-state index contributed by atoms with van der Waals surface area (Å²) in [5.74, 6) is 1.15. The summed E-state index contributed by atoms with van der Waals surface area (Å²) in [7, 11) is 0. The zero-order valence-electron chi connectivity index (χ0n) is 13.2. The van der Waals surface area contributed by atoms with E-state index in [-0.39, 0.29) is 24.4 Å². The van der Waals surface area contributed by atoms with Gasteiger partial charge >= 0.3 is 0 Å². The maximum atomic E-state index is 12.7. The minimum Gasteiger partial charge on any atom is -0.340 e. The zero-order chi connectivity index (χ0) is 14.9. The molecule has 20 heavy (non-hydrogen) atoms. The molecule has 0 spiro atoms. The van der Waals surface area contributed by atoms with E-state index in [0.717, 1.165) is 25.7 Å². The van der Waals surface area contributed by atoms with Crippen LogP contribution in [0.15, 0.2) is 0 Å². The van der Waals surface area contributed by atoms with Crippen molar-refractivity contribution in [3.05, 3.63) is 0 Å². The van der Waals surface area contributed by atoms with Gasteiger partial charge in [-0.15, -0.1) is 0 Å². The van der Waals surface area contributed by atoms with Crippen molar-refractivity contribution < 1.29 is 9.59 Å². The third-order valence-corrected chi connectivity index (χ3v) is 4.75. The SMILES string of the molecule is CC(C)CCCC(C)N1CC(=O)NC(C)(C2CC2)C1=O. The first-order valence-electron chi connectivity index (χ1n) is 7.96. The smallest absolute Gasteiger partial charge is 0.249 e. The number of amides is 2. The van der Waals surface area contributed by atoms with E-state index in [1.54, 1.807) is 4.90 Å². The van der Waals surface area contributed by atoms with Gasteiger partial charge in [0.25, 0.3) is 0 Å². The summed E-state index contributed by atoms with van der Waals surface area (Å²) in [6, 6.07) is 0.158. The van der Waals surface area contributed by atoms with Gasteiger partial charge in [0.1, 0.15) is 5.54 Å².